The van der Waals surface area contributed by atoms with Crippen LogP contribution in [0.4, 0.5) is 4.79 Å². The van der Waals surface area contributed by atoms with Crippen molar-refractivity contribution in [1.29, 1.82) is 0 Å². The number of rotatable bonds is 4. The fourth-order valence-corrected chi connectivity index (χ4v) is 3.61. The molecular formula is C13H22N2O5S. The van der Waals surface area contributed by atoms with Crippen LogP contribution < -0.4 is 0 Å². The molecule has 2 saturated heterocycles. The molecule has 2 aliphatic heterocycles. The summed E-state index contributed by atoms with van der Waals surface area (Å²) in [6, 6.07) is 0.0238. The molecule has 2 heterocycles. The van der Waals surface area contributed by atoms with Gasteiger partial charge in [-0.2, -0.15) is 0 Å². The van der Waals surface area contributed by atoms with Crippen molar-refractivity contribution in [3.05, 3.63) is 0 Å². The first-order valence-electron chi connectivity index (χ1n) is 7.28. The predicted octanol–water partition coefficient (Wildman–Crippen LogP) is 0.126. The van der Waals surface area contributed by atoms with Crippen LogP contribution in [-0.2, 0) is 20.3 Å². The Labute approximate surface area is 126 Å². The molecule has 8 heteroatoms. The lowest BCUT2D eigenvalue weighted by molar-refractivity contribution is -0.138. The van der Waals surface area contributed by atoms with Crippen molar-refractivity contribution in [2.45, 2.75) is 25.4 Å². The van der Waals surface area contributed by atoms with E-state index < -0.39 is 16.8 Å². The molecule has 0 spiro atoms. The molecule has 0 aromatic carbocycles. The molecule has 0 aromatic rings. The van der Waals surface area contributed by atoms with E-state index in [1.165, 1.54) is 0 Å². The highest BCUT2D eigenvalue weighted by Gasteiger charge is 2.28. The number of aliphatic carboxylic acids is 1. The fourth-order valence-electron chi connectivity index (χ4n) is 2.56. The van der Waals surface area contributed by atoms with Gasteiger partial charge in [0.25, 0.3) is 0 Å². The zero-order valence-electron chi connectivity index (χ0n) is 12.0. The summed E-state index contributed by atoms with van der Waals surface area (Å²) in [6.45, 7) is 2.64. The third kappa shape index (κ3) is 4.96. The number of carboxylic acid groups (broad SMARTS) is 1. The second kappa shape index (κ2) is 7.74. The van der Waals surface area contributed by atoms with Crippen LogP contribution in [0.3, 0.4) is 0 Å². The van der Waals surface area contributed by atoms with E-state index in [0.29, 0.717) is 37.7 Å². The summed E-state index contributed by atoms with van der Waals surface area (Å²) in [6.07, 6.45) is 1.54. The summed E-state index contributed by atoms with van der Waals surface area (Å²) in [5, 5.41) is 8.56. The number of carbonyl (C=O) groups excluding carboxylic acids is 1. The molecule has 2 aliphatic rings. The van der Waals surface area contributed by atoms with Crippen LogP contribution in [-0.4, -0.2) is 81.5 Å². The number of hydrogen-bond donors (Lipinski definition) is 1. The molecule has 0 aromatic heterocycles. The zero-order valence-corrected chi connectivity index (χ0v) is 12.8. The number of carbonyl (C=O) groups is 2. The lowest BCUT2D eigenvalue weighted by Gasteiger charge is -2.36. The number of piperidine rings is 1. The summed E-state index contributed by atoms with van der Waals surface area (Å²) in [5.74, 6) is 0.284. The monoisotopic (exact) mass is 318 g/mol. The molecule has 1 N–H and O–H groups in total. The molecule has 0 saturated carbocycles. The lowest BCUT2D eigenvalue weighted by Crippen LogP contribution is -2.51. The van der Waals surface area contributed by atoms with E-state index >= 15 is 0 Å². The molecule has 2 amide bonds. The highest BCUT2D eigenvalue weighted by atomic mass is 32.2. The Morgan fingerprint density at radius 1 is 1.10 bits per heavy atom. The minimum Gasteiger partial charge on any atom is -0.481 e. The van der Waals surface area contributed by atoms with Gasteiger partial charge in [-0.25, -0.2) is 4.79 Å². The second-order valence-corrected chi connectivity index (χ2v) is 7.01. The van der Waals surface area contributed by atoms with E-state index in [1.54, 1.807) is 4.90 Å². The lowest BCUT2D eigenvalue weighted by atomic mass is 10.1. The Hall–Kier alpha value is -1.15. The Morgan fingerprint density at radius 2 is 1.67 bits per heavy atom. The first-order valence-corrected chi connectivity index (χ1v) is 8.77. The maximum atomic E-state index is 12.3. The van der Waals surface area contributed by atoms with E-state index in [1.807, 2.05) is 4.90 Å². The number of urea groups is 1. The highest BCUT2D eigenvalue weighted by Crippen LogP contribution is 2.16. The SMILES string of the molecule is O=C(O)CCOC1CCN(C(=O)N2CCS(=O)CC2)CC1. The summed E-state index contributed by atoms with van der Waals surface area (Å²) < 4.78 is 16.8. The smallest absolute Gasteiger partial charge is 0.320 e. The molecule has 2 fully saturated rings. The van der Waals surface area contributed by atoms with Gasteiger partial charge in [0, 0.05) is 48.5 Å². The van der Waals surface area contributed by atoms with Gasteiger partial charge in [-0.15, -0.1) is 0 Å². The molecular weight excluding hydrogens is 296 g/mol. The summed E-state index contributed by atoms with van der Waals surface area (Å²) in [5.41, 5.74) is 0. The van der Waals surface area contributed by atoms with E-state index in [9.17, 15) is 13.8 Å². The topological polar surface area (TPSA) is 87.2 Å². The minimum atomic E-state index is -0.856. The first-order chi connectivity index (χ1) is 10.1. The molecule has 0 unspecified atom stereocenters. The maximum Gasteiger partial charge on any atom is 0.320 e. The summed E-state index contributed by atoms with van der Waals surface area (Å²) >= 11 is 0. The number of amides is 2. The van der Waals surface area contributed by atoms with Crippen molar-refractivity contribution in [2.24, 2.45) is 0 Å². The number of ether oxygens (including phenoxy) is 1. The standard InChI is InChI=1S/C13H22N2O5S/c16-12(17)3-8-20-11-1-4-14(5-2-11)13(18)15-6-9-21(19)10-7-15/h11H,1-10H2,(H,16,17). The van der Waals surface area contributed by atoms with Crippen molar-refractivity contribution in [1.82, 2.24) is 9.80 Å². The van der Waals surface area contributed by atoms with Crippen molar-refractivity contribution < 1.29 is 23.6 Å². The van der Waals surface area contributed by atoms with Gasteiger partial charge in [-0.3, -0.25) is 9.00 Å². The van der Waals surface area contributed by atoms with Crippen LogP contribution in [0.25, 0.3) is 0 Å². The Kier molecular flexibility index (Phi) is 5.98. The highest BCUT2D eigenvalue weighted by molar-refractivity contribution is 7.85. The van der Waals surface area contributed by atoms with E-state index in [-0.39, 0.29) is 25.2 Å². The first kappa shape index (κ1) is 16.2. The number of likely N-dealkylation sites (tertiary alicyclic amines) is 1. The average Bonchev–Trinajstić information content (AvgIpc) is 2.48. The fraction of sp³-hybridized carbons (Fsp3) is 0.846. The van der Waals surface area contributed by atoms with Crippen LogP contribution >= 0.6 is 0 Å². The van der Waals surface area contributed by atoms with Crippen molar-refractivity contribution >= 4 is 22.8 Å². The Bertz CT molecular complexity index is 399. The molecule has 2 rings (SSSR count). The zero-order chi connectivity index (χ0) is 15.2. The van der Waals surface area contributed by atoms with E-state index in [0.717, 1.165) is 12.8 Å². The Balaban J connectivity index is 1.69. The van der Waals surface area contributed by atoms with Gasteiger partial charge < -0.3 is 19.6 Å². The van der Waals surface area contributed by atoms with Gasteiger partial charge in [-0.1, -0.05) is 0 Å². The summed E-state index contributed by atoms with van der Waals surface area (Å²) in [7, 11) is -0.776. The van der Waals surface area contributed by atoms with Crippen LogP contribution in [0.5, 0.6) is 0 Å². The van der Waals surface area contributed by atoms with Crippen LogP contribution in [0.2, 0.25) is 0 Å². The van der Waals surface area contributed by atoms with Gasteiger partial charge >= 0.3 is 12.0 Å². The third-order valence-corrected chi connectivity index (χ3v) is 5.11. The van der Waals surface area contributed by atoms with Gasteiger partial charge in [0.1, 0.15) is 0 Å². The third-order valence-electron chi connectivity index (χ3n) is 3.83. The number of nitrogens with zero attached hydrogens (tertiary/aromatic N) is 2. The van der Waals surface area contributed by atoms with Crippen LogP contribution in [0.15, 0.2) is 0 Å². The van der Waals surface area contributed by atoms with Gasteiger partial charge in [0.2, 0.25) is 0 Å². The van der Waals surface area contributed by atoms with Crippen molar-refractivity contribution in [3.63, 3.8) is 0 Å². The molecule has 0 atom stereocenters. The average molecular weight is 318 g/mol. The number of hydrogen-bond acceptors (Lipinski definition) is 4. The maximum absolute atomic E-state index is 12.3. The van der Waals surface area contributed by atoms with Crippen molar-refractivity contribution in [2.75, 3.05) is 44.3 Å². The molecule has 0 bridgehead atoms. The van der Waals surface area contributed by atoms with Gasteiger partial charge in [-0.05, 0) is 12.8 Å². The largest absolute Gasteiger partial charge is 0.481 e. The normalized spacial score (nSPS) is 21.5. The quantitative estimate of drug-likeness (QED) is 0.796. The number of carboxylic acids is 1. The molecule has 21 heavy (non-hydrogen) atoms. The molecule has 7 nitrogen and oxygen atoms in total. The van der Waals surface area contributed by atoms with Crippen LogP contribution in [0.1, 0.15) is 19.3 Å². The van der Waals surface area contributed by atoms with E-state index in [4.69, 9.17) is 9.84 Å². The minimum absolute atomic E-state index is 0.0179. The predicted molar refractivity (Wildman–Crippen MR) is 77.6 cm³/mol. The van der Waals surface area contributed by atoms with E-state index in [2.05, 4.69) is 0 Å². The summed E-state index contributed by atoms with van der Waals surface area (Å²) in [4.78, 5) is 26.3. The van der Waals surface area contributed by atoms with Crippen molar-refractivity contribution in [3.8, 4) is 0 Å². The Morgan fingerprint density at radius 3 is 2.24 bits per heavy atom. The van der Waals surface area contributed by atoms with Gasteiger partial charge in [0.05, 0.1) is 19.1 Å². The van der Waals surface area contributed by atoms with Crippen LogP contribution in [0, 0.1) is 0 Å². The second-order valence-electron chi connectivity index (χ2n) is 5.32. The molecule has 120 valence electrons. The molecule has 0 radical (unpaired) electrons. The van der Waals surface area contributed by atoms with Gasteiger partial charge in [0.15, 0.2) is 0 Å². The molecule has 0 aliphatic carbocycles.